The van der Waals surface area contributed by atoms with Gasteiger partial charge in [0.25, 0.3) is 5.56 Å². The van der Waals surface area contributed by atoms with E-state index in [-0.39, 0.29) is 5.56 Å². The highest BCUT2D eigenvalue weighted by Gasteiger charge is 2.07. The van der Waals surface area contributed by atoms with Gasteiger partial charge in [-0.1, -0.05) is 28.6 Å². The standard InChI is InChI=1S/C19H17BrN2O3/c1-12-17(9-13-7-8-16(24-2)11-18(13)25-3)19(23)22(21-12)15-6-4-5-14(20)10-15/h4-11,21H,1H2,2-3H3/b17-9+. The lowest BCUT2D eigenvalue weighted by atomic mass is 10.1. The Bertz CT molecular complexity index is 1080. The second-order valence-electron chi connectivity index (χ2n) is 5.38. The molecule has 3 rings (SSSR count). The van der Waals surface area contributed by atoms with Gasteiger partial charge in [-0.2, -0.15) is 0 Å². The predicted octanol–water partition coefficient (Wildman–Crippen LogP) is 2.18. The van der Waals surface area contributed by atoms with E-state index in [9.17, 15) is 4.79 Å². The summed E-state index contributed by atoms with van der Waals surface area (Å²) in [5.41, 5.74) is 1.32. The summed E-state index contributed by atoms with van der Waals surface area (Å²) in [6.07, 6.45) is 1.76. The van der Waals surface area contributed by atoms with Gasteiger partial charge < -0.3 is 9.47 Å². The smallest absolute Gasteiger partial charge is 0.279 e. The van der Waals surface area contributed by atoms with Crippen molar-refractivity contribution in [1.29, 1.82) is 0 Å². The normalized spacial score (nSPS) is 11.6. The molecule has 5 nitrogen and oxygen atoms in total. The van der Waals surface area contributed by atoms with Crippen LogP contribution in [0, 0.1) is 0 Å². The van der Waals surface area contributed by atoms with Crippen molar-refractivity contribution in [3.8, 4) is 17.2 Å². The van der Waals surface area contributed by atoms with Crippen molar-refractivity contribution in [2.75, 3.05) is 14.2 Å². The molecule has 25 heavy (non-hydrogen) atoms. The van der Waals surface area contributed by atoms with Crippen LogP contribution in [0.3, 0.4) is 0 Å². The van der Waals surface area contributed by atoms with E-state index >= 15 is 0 Å². The second kappa shape index (κ2) is 7.03. The third-order valence-electron chi connectivity index (χ3n) is 3.81. The number of hydrogen-bond donors (Lipinski definition) is 1. The summed E-state index contributed by atoms with van der Waals surface area (Å²) in [6.45, 7) is 3.95. The number of halogens is 1. The van der Waals surface area contributed by atoms with Crippen molar-refractivity contribution in [3.05, 3.63) is 73.4 Å². The number of hydrogen-bond acceptors (Lipinski definition) is 3. The summed E-state index contributed by atoms with van der Waals surface area (Å²) in [5, 5.41) is 4.02. The summed E-state index contributed by atoms with van der Waals surface area (Å²) >= 11 is 3.41. The highest BCUT2D eigenvalue weighted by molar-refractivity contribution is 9.10. The fourth-order valence-corrected chi connectivity index (χ4v) is 2.92. The number of aromatic amines is 1. The number of methoxy groups -OCH3 is 2. The van der Waals surface area contributed by atoms with E-state index in [2.05, 4.69) is 27.6 Å². The van der Waals surface area contributed by atoms with E-state index in [1.807, 2.05) is 36.4 Å². The topological polar surface area (TPSA) is 56.2 Å². The fourth-order valence-electron chi connectivity index (χ4n) is 2.53. The fraction of sp³-hybridized carbons (Fsp3) is 0.105. The van der Waals surface area contributed by atoms with Crippen molar-refractivity contribution < 1.29 is 9.47 Å². The van der Waals surface area contributed by atoms with Gasteiger partial charge in [0.15, 0.2) is 0 Å². The van der Waals surface area contributed by atoms with E-state index in [0.717, 1.165) is 15.7 Å². The Labute approximate surface area is 152 Å². The zero-order valence-electron chi connectivity index (χ0n) is 13.9. The molecular weight excluding hydrogens is 384 g/mol. The van der Waals surface area contributed by atoms with Gasteiger partial charge in [-0.15, -0.1) is 0 Å². The molecule has 0 fully saturated rings. The monoisotopic (exact) mass is 400 g/mol. The van der Waals surface area contributed by atoms with Crippen LogP contribution in [0.25, 0.3) is 18.3 Å². The first-order valence-corrected chi connectivity index (χ1v) is 8.32. The molecule has 0 saturated carbocycles. The minimum absolute atomic E-state index is 0.180. The van der Waals surface area contributed by atoms with Crippen molar-refractivity contribution in [1.82, 2.24) is 9.78 Å². The van der Waals surface area contributed by atoms with Crippen LogP contribution < -0.4 is 25.6 Å². The summed E-state index contributed by atoms with van der Waals surface area (Å²) in [5.74, 6) is 1.30. The summed E-state index contributed by atoms with van der Waals surface area (Å²) in [7, 11) is 3.17. The lowest BCUT2D eigenvalue weighted by Gasteiger charge is -2.06. The van der Waals surface area contributed by atoms with E-state index < -0.39 is 0 Å². The van der Waals surface area contributed by atoms with E-state index in [1.165, 1.54) is 4.68 Å². The zero-order chi connectivity index (χ0) is 18.0. The molecule has 128 valence electrons. The molecular formula is C19H17BrN2O3. The molecule has 0 atom stereocenters. The van der Waals surface area contributed by atoms with Crippen LogP contribution in [0.2, 0.25) is 0 Å². The molecule has 0 aliphatic heterocycles. The number of H-pyrrole nitrogens is 1. The molecule has 0 spiro atoms. The molecule has 1 heterocycles. The van der Waals surface area contributed by atoms with Crippen molar-refractivity contribution in [3.63, 3.8) is 0 Å². The van der Waals surface area contributed by atoms with Gasteiger partial charge in [0.05, 0.1) is 30.5 Å². The molecule has 1 aromatic heterocycles. The molecule has 3 aromatic rings. The lowest BCUT2D eigenvalue weighted by molar-refractivity contribution is 0.393. The molecule has 6 heteroatoms. The van der Waals surface area contributed by atoms with E-state index in [1.54, 1.807) is 26.4 Å². The second-order valence-corrected chi connectivity index (χ2v) is 6.29. The van der Waals surface area contributed by atoms with Crippen LogP contribution in [0.5, 0.6) is 11.5 Å². The number of rotatable bonds is 4. The SMILES string of the molecule is C=c1[nH]n(-c2cccc(Br)c2)c(=O)/c1=C/c1ccc(OC)cc1OC. The molecule has 2 aromatic carbocycles. The Morgan fingerprint density at radius 2 is 1.96 bits per heavy atom. The molecule has 0 aliphatic carbocycles. The van der Waals surface area contributed by atoms with Crippen molar-refractivity contribution in [2.24, 2.45) is 0 Å². The maximum Gasteiger partial charge on any atom is 0.279 e. The Hall–Kier alpha value is -2.73. The van der Waals surface area contributed by atoms with Gasteiger partial charge in [-0.3, -0.25) is 9.89 Å². The van der Waals surface area contributed by atoms with Gasteiger partial charge in [-0.25, -0.2) is 4.68 Å². The van der Waals surface area contributed by atoms with Gasteiger partial charge in [0.2, 0.25) is 0 Å². The van der Waals surface area contributed by atoms with Crippen LogP contribution in [0.15, 0.2) is 51.7 Å². The predicted molar refractivity (Wildman–Crippen MR) is 102 cm³/mol. The quantitative estimate of drug-likeness (QED) is 0.730. The number of aromatic nitrogens is 2. The maximum atomic E-state index is 12.8. The van der Waals surface area contributed by atoms with Crippen LogP contribution >= 0.6 is 15.9 Å². The molecule has 0 bridgehead atoms. The van der Waals surface area contributed by atoms with Crippen LogP contribution in [0.1, 0.15) is 5.56 Å². The molecule has 0 radical (unpaired) electrons. The summed E-state index contributed by atoms with van der Waals surface area (Å²) in [6, 6.07) is 12.9. The lowest BCUT2D eigenvalue weighted by Crippen LogP contribution is -2.34. The minimum atomic E-state index is -0.180. The van der Waals surface area contributed by atoms with Gasteiger partial charge in [0.1, 0.15) is 11.5 Å². The number of nitrogens with one attached hydrogen (secondary N) is 1. The Balaban J connectivity index is 2.18. The average Bonchev–Trinajstić information content (AvgIpc) is 2.90. The van der Waals surface area contributed by atoms with Crippen LogP contribution in [0.4, 0.5) is 0 Å². The first-order valence-electron chi connectivity index (χ1n) is 7.53. The Morgan fingerprint density at radius 3 is 2.64 bits per heavy atom. The van der Waals surface area contributed by atoms with Crippen molar-refractivity contribution >= 4 is 28.6 Å². The van der Waals surface area contributed by atoms with Crippen LogP contribution in [-0.4, -0.2) is 24.0 Å². The minimum Gasteiger partial charge on any atom is -0.497 e. The van der Waals surface area contributed by atoms with Gasteiger partial charge in [0, 0.05) is 16.1 Å². The zero-order valence-corrected chi connectivity index (χ0v) is 15.5. The maximum absolute atomic E-state index is 12.8. The molecule has 0 unspecified atom stereocenters. The number of nitrogens with zero attached hydrogens (tertiary/aromatic N) is 1. The van der Waals surface area contributed by atoms with Gasteiger partial charge >= 0.3 is 0 Å². The summed E-state index contributed by atoms with van der Waals surface area (Å²) < 4.78 is 12.9. The van der Waals surface area contributed by atoms with E-state index in [4.69, 9.17) is 9.47 Å². The summed E-state index contributed by atoms with van der Waals surface area (Å²) in [4.78, 5) is 12.8. The largest absolute Gasteiger partial charge is 0.497 e. The molecule has 0 saturated heterocycles. The molecule has 0 aliphatic rings. The Kier molecular flexibility index (Phi) is 4.81. The third kappa shape index (κ3) is 3.39. The van der Waals surface area contributed by atoms with E-state index in [0.29, 0.717) is 22.1 Å². The highest BCUT2D eigenvalue weighted by Crippen LogP contribution is 2.24. The average molecular weight is 401 g/mol. The molecule has 1 N–H and O–H groups in total. The van der Waals surface area contributed by atoms with Crippen LogP contribution in [-0.2, 0) is 0 Å². The first-order chi connectivity index (χ1) is 12.0. The highest BCUT2D eigenvalue weighted by atomic mass is 79.9. The van der Waals surface area contributed by atoms with Gasteiger partial charge in [-0.05, 0) is 36.4 Å². The number of benzene rings is 2. The number of ether oxygens (including phenoxy) is 2. The first kappa shape index (κ1) is 17.1. The third-order valence-corrected chi connectivity index (χ3v) is 4.31. The Morgan fingerprint density at radius 1 is 1.16 bits per heavy atom. The molecule has 0 amide bonds. The van der Waals surface area contributed by atoms with Crippen molar-refractivity contribution in [2.45, 2.75) is 0 Å².